The zero-order valence-corrected chi connectivity index (χ0v) is 9.43. The fourth-order valence-corrected chi connectivity index (χ4v) is 2.09. The number of carbonyl (C=O) groups is 1. The van der Waals surface area contributed by atoms with Crippen molar-refractivity contribution in [3.8, 4) is 0 Å². The molecule has 0 aromatic heterocycles. The molecule has 1 amide bonds. The van der Waals surface area contributed by atoms with Gasteiger partial charge in [0.2, 0.25) is 5.91 Å². The average molecular weight is 199 g/mol. The summed E-state index contributed by atoms with van der Waals surface area (Å²) in [6, 6.07) is 0.307. The number of carbonyl (C=O) groups excluding carboxylic acids is 1. The number of ether oxygens (including phenoxy) is 1. The van der Waals surface area contributed by atoms with E-state index in [0.717, 1.165) is 25.7 Å². The Balaban J connectivity index is 2.44. The summed E-state index contributed by atoms with van der Waals surface area (Å²) in [6.45, 7) is 4.00. The molecule has 14 heavy (non-hydrogen) atoms. The third-order valence-corrected chi connectivity index (χ3v) is 3.12. The van der Waals surface area contributed by atoms with Crippen molar-refractivity contribution >= 4 is 5.91 Å². The summed E-state index contributed by atoms with van der Waals surface area (Å²) in [5.41, 5.74) is -0.0378. The number of rotatable bonds is 3. The summed E-state index contributed by atoms with van der Waals surface area (Å²) < 4.78 is 5.47. The average Bonchev–Trinajstić information content (AvgIpc) is 2.18. The first-order valence-electron chi connectivity index (χ1n) is 5.44. The van der Waals surface area contributed by atoms with Crippen LogP contribution in [0.4, 0.5) is 0 Å². The minimum atomic E-state index is -0.0378. The lowest BCUT2D eigenvalue weighted by Gasteiger charge is -2.37. The van der Waals surface area contributed by atoms with Crippen molar-refractivity contribution in [2.24, 2.45) is 0 Å². The van der Waals surface area contributed by atoms with E-state index in [1.54, 1.807) is 7.11 Å². The fraction of sp³-hybridized carbons (Fsp3) is 0.909. The van der Waals surface area contributed by atoms with E-state index in [4.69, 9.17) is 4.74 Å². The Hall–Kier alpha value is -0.570. The predicted molar refractivity (Wildman–Crippen MR) is 56.1 cm³/mol. The third kappa shape index (κ3) is 2.98. The molecule has 82 valence electrons. The molecule has 2 atom stereocenters. The quantitative estimate of drug-likeness (QED) is 0.753. The van der Waals surface area contributed by atoms with E-state index in [9.17, 15) is 4.79 Å². The van der Waals surface area contributed by atoms with Gasteiger partial charge in [0, 0.05) is 19.6 Å². The Morgan fingerprint density at radius 3 is 2.93 bits per heavy atom. The van der Waals surface area contributed by atoms with Crippen molar-refractivity contribution in [2.75, 3.05) is 7.11 Å². The number of amides is 1. The van der Waals surface area contributed by atoms with Gasteiger partial charge in [0.05, 0.1) is 5.60 Å². The van der Waals surface area contributed by atoms with Crippen molar-refractivity contribution in [2.45, 2.75) is 57.6 Å². The van der Waals surface area contributed by atoms with Gasteiger partial charge in [-0.2, -0.15) is 0 Å². The lowest BCUT2D eigenvalue weighted by molar-refractivity contribution is -0.122. The molecule has 0 aromatic rings. The van der Waals surface area contributed by atoms with Gasteiger partial charge >= 0.3 is 0 Å². The number of hydrogen-bond acceptors (Lipinski definition) is 2. The molecule has 0 saturated heterocycles. The first-order chi connectivity index (χ1) is 6.59. The second-order valence-corrected chi connectivity index (χ2v) is 4.37. The van der Waals surface area contributed by atoms with Gasteiger partial charge in [0.25, 0.3) is 0 Å². The molecule has 0 radical (unpaired) electrons. The Morgan fingerprint density at radius 1 is 1.64 bits per heavy atom. The summed E-state index contributed by atoms with van der Waals surface area (Å²) in [7, 11) is 1.75. The molecule has 0 spiro atoms. The Labute approximate surface area is 86.2 Å². The van der Waals surface area contributed by atoms with Crippen molar-refractivity contribution in [3.05, 3.63) is 0 Å². The summed E-state index contributed by atoms with van der Waals surface area (Å²) in [4.78, 5) is 11.2. The van der Waals surface area contributed by atoms with Crippen LogP contribution in [0.2, 0.25) is 0 Å². The van der Waals surface area contributed by atoms with Crippen molar-refractivity contribution in [3.63, 3.8) is 0 Å². The van der Waals surface area contributed by atoms with Gasteiger partial charge in [-0.15, -0.1) is 0 Å². The first kappa shape index (κ1) is 11.5. The van der Waals surface area contributed by atoms with E-state index in [1.807, 2.05) is 6.92 Å². The van der Waals surface area contributed by atoms with Crippen LogP contribution < -0.4 is 5.32 Å². The summed E-state index contributed by atoms with van der Waals surface area (Å²) >= 11 is 0. The van der Waals surface area contributed by atoms with Crippen LogP contribution in [0.1, 0.15) is 46.0 Å². The van der Waals surface area contributed by atoms with Gasteiger partial charge in [-0.25, -0.2) is 0 Å². The van der Waals surface area contributed by atoms with E-state index in [2.05, 4.69) is 12.2 Å². The Morgan fingerprint density at radius 2 is 2.36 bits per heavy atom. The fourth-order valence-electron chi connectivity index (χ4n) is 2.09. The highest BCUT2D eigenvalue weighted by Gasteiger charge is 2.32. The highest BCUT2D eigenvalue weighted by Crippen LogP contribution is 2.30. The minimum absolute atomic E-state index is 0.0378. The SMILES string of the molecule is CCC(=O)N[C@@H]1CCC[C@@](C)(OC)C1. The second kappa shape index (κ2) is 4.78. The standard InChI is InChI=1S/C11H21NO2/c1-4-10(13)12-9-6-5-7-11(2,8-9)14-3/h9H,4-8H2,1-3H3,(H,12,13)/t9-,11-/m1/s1. The van der Waals surface area contributed by atoms with E-state index in [-0.39, 0.29) is 11.5 Å². The molecule has 1 aliphatic carbocycles. The van der Waals surface area contributed by atoms with Crippen LogP contribution in [-0.2, 0) is 9.53 Å². The summed E-state index contributed by atoms with van der Waals surface area (Å²) in [5.74, 6) is 0.148. The van der Waals surface area contributed by atoms with Gasteiger partial charge in [-0.1, -0.05) is 6.92 Å². The Bertz CT molecular complexity index is 205. The van der Waals surface area contributed by atoms with E-state index < -0.39 is 0 Å². The van der Waals surface area contributed by atoms with Crippen LogP contribution >= 0.6 is 0 Å². The van der Waals surface area contributed by atoms with Crippen LogP contribution in [0.3, 0.4) is 0 Å². The second-order valence-electron chi connectivity index (χ2n) is 4.37. The highest BCUT2D eigenvalue weighted by molar-refractivity contribution is 5.75. The molecule has 1 aliphatic rings. The Kier molecular flexibility index (Phi) is 3.93. The molecule has 0 aliphatic heterocycles. The minimum Gasteiger partial charge on any atom is -0.378 e. The predicted octanol–water partition coefficient (Wildman–Crippen LogP) is 1.86. The van der Waals surface area contributed by atoms with Crippen LogP contribution in [0.25, 0.3) is 0 Å². The maximum absolute atomic E-state index is 11.2. The topological polar surface area (TPSA) is 38.3 Å². The highest BCUT2D eigenvalue weighted by atomic mass is 16.5. The molecular formula is C11H21NO2. The van der Waals surface area contributed by atoms with Crippen LogP contribution in [0.15, 0.2) is 0 Å². The van der Waals surface area contributed by atoms with Gasteiger partial charge < -0.3 is 10.1 Å². The largest absolute Gasteiger partial charge is 0.378 e. The molecule has 0 heterocycles. The monoisotopic (exact) mass is 199 g/mol. The smallest absolute Gasteiger partial charge is 0.219 e. The van der Waals surface area contributed by atoms with Crippen molar-refractivity contribution in [1.82, 2.24) is 5.32 Å². The summed E-state index contributed by atoms with van der Waals surface area (Å²) in [6.07, 6.45) is 4.83. The number of nitrogens with one attached hydrogen (secondary N) is 1. The van der Waals surface area contributed by atoms with Crippen LogP contribution in [-0.4, -0.2) is 24.7 Å². The molecule has 3 nitrogen and oxygen atoms in total. The maximum Gasteiger partial charge on any atom is 0.219 e. The number of hydrogen-bond donors (Lipinski definition) is 1. The van der Waals surface area contributed by atoms with E-state index >= 15 is 0 Å². The zero-order chi connectivity index (χ0) is 10.6. The lowest BCUT2D eigenvalue weighted by atomic mass is 9.83. The molecule has 1 fully saturated rings. The summed E-state index contributed by atoms with van der Waals surface area (Å²) in [5, 5.41) is 3.04. The molecule has 1 rings (SSSR count). The van der Waals surface area contributed by atoms with Gasteiger partial charge in [0.1, 0.15) is 0 Å². The number of methoxy groups -OCH3 is 1. The normalized spacial score (nSPS) is 32.6. The molecule has 1 saturated carbocycles. The zero-order valence-electron chi connectivity index (χ0n) is 9.43. The molecular weight excluding hydrogens is 178 g/mol. The van der Waals surface area contributed by atoms with Crippen molar-refractivity contribution < 1.29 is 9.53 Å². The first-order valence-corrected chi connectivity index (χ1v) is 5.44. The lowest BCUT2D eigenvalue weighted by Crippen LogP contribution is -2.45. The maximum atomic E-state index is 11.2. The molecule has 3 heteroatoms. The molecule has 0 bridgehead atoms. The van der Waals surface area contributed by atoms with Crippen molar-refractivity contribution in [1.29, 1.82) is 0 Å². The third-order valence-electron chi connectivity index (χ3n) is 3.12. The van der Waals surface area contributed by atoms with Gasteiger partial charge in [0.15, 0.2) is 0 Å². The van der Waals surface area contributed by atoms with Gasteiger partial charge in [-0.3, -0.25) is 4.79 Å². The van der Waals surface area contributed by atoms with E-state index in [0.29, 0.717) is 12.5 Å². The molecule has 0 unspecified atom stereocenters. The van der Waals surface area contributed by atoms with Gasteiger partial charge in [-0.05, 0) is 32.6 Å². The van der Waals surface area contributed by atoms with Crippen LogP contribution in [0, 0.1) is 0 Å². The van der Waals surface area contributed by atoms with Crippen LogP contribution in [0.5, 0.6) is 0 Å². The molecule has 1 N–H and O–H groups in total. The molecule has 0 aromatic carbocycles. The van der Waals surface area contributed by atoms with E-state index in [1.165, 1.54) is 0 Å².